The number of piperazine rings is 1. The zero-order chi connectivity index (χ0) is 23.3. The summed E-state index contributed by atoms with van der Waals surface area (Å²) in [5, 5.41) is 0. The Morgan fingerprint density at radius 3 is 2.09 bits per heavy atom. The van der Waals surface area contributed by atoms with Crippen molar-refractivity contribution in [2.24, 2.45) is 0 Å². The first-order valence-electron chi connectivity index (χ1n) is 11.6. The van der Waals surface area contributed by atoms with Crippen LogP contribution in [0.4, 0.5) is 5.95 Å². The van der Waals surface area contributed by atoms with Crippen molar-refractivity contribution < 1.29 is 4.74 Å². The molecule has 0 radical (unpaired) electrons. The molecule has 1 aliphatic rings. The van der Waals surface area contributed by atoms with Crippen molar-refractivity contribution in [2.45, 2.75) is 6.04 Å². The van der Waals surface area contributed by atoms with Crippen molar-refractivity contribution in [1.82, 2.24) is 14.9 Å². The first-order chi connectivity index (χ1) is 16.7. The number of anilines is 1. The molecule has 0 saturated carbocycles. The van der Waals surface area contributed by atoms with Crippen LogP contribution in [0.1, 0.15) is 17.2 Å². The number of hydrogen-bond donors (Lipinski definition) is 1. The Bertz CT molecular complexity index is 1240. The Kier molecular flexibility index (Phi) is 6.40. The van der Waals surface area contributed by atoms with Crippen molar-refractivity contribution in [3.63, 3.8) is 0 Å². The summed E-state index contributed by atoms with van der Waals surface area (Å²) in [4.78, 5) is 24.8. The van der Waals surface area contributed by atoms with Gasteiger partial charge in [0.05, 0.1) is 18.8 Å². The van der Waals surface area contributed by atoms with Gasteiger partial charge in [0.2, 0.25) is 5.95 Å². The number of ether oxygens (including phenoxy) is 1. The number of nitrogens with one attached hydrogen (secondary N) is 1. The van der Waals surface area contributed by atoms with Crippen molar-refractivity contribution in [1.29, 1.82) is 0 Å². The maximum Gasteiger partial charge on any atom is 0.252 e. The highest BCUT2D eigenvalue weighted by Gasteiger charge is 2.27. The van der Waals surface area contributed by atoms with Crippen molar-refractivity contribution in [3.05, 3.63) is 112 Å². The molecule has 0 amide bonds. The van der Waals surface area contributed by atoms with Crippen LogP contribution in [0.5, 0.6) is 5.75 Å². The molecule has 0 atom stereocenters. The Hall–Kier alpha value is -3.90. The average molecular weight is 453 g/mol. The van der Waals surface area contributed by atoms with Crippen LogP contribution >= 0.6 is 0 Å². The third-order valence-electron chi connectivity index (χ3n) is 6.30. The van der Waals surface area contributed by atoms with E-state index in [9.17, 15) is 4.79 Å². The number of methoxy groups -OCH3 is 1. The van der Waals surface area contributed by atoms with E-state index in [0.29, 0.717) is 11.6 Å². The molecule has 34 heavy (non-hydrogen) atoms. The monoisotopic (exact) mass is 452 g/mol. The minimum atomic E-state index is -0.156. The van der Waals surface area contributed by atoms with Gasteiger partial charge in [0.15, 0.2) is 0 Å². The van der Waals surface area contributed by atoms with E-state index in [2.05, 4.69) is 75.4 Å². The van der Waals surface area contributed by atoms with Gasteiger partial charge in [-0.3, -0.25) is 14.7 Å². The van der Waals surface area contributed by atoms with Crippen LogP contribution in [0, 0.1) is 0 Å². The van der Waals surface area contributed by atoms with Crippen LogP contribution in [0.3, 0.4) is 0 Å². The minimum absolute atomic E-state index is 0.156. The molecule has 1 fully saturated rings. The number of hydrogen-bond acceptors (Lipinski definition) is 5. The van der Waals surface area contributed by atoms with E-state index in [1.54, 1.807) is 7.11 Å². The van der Waals surface area contributed by atoms with Crippen molar-refractivity contribution in [2.75, 3.05) is 38.2 Å². The first kappa shape index (κ1) is 21.9. The van der Waals surface area contributed by atoms with E-state index in [1.807, 2.05) is 24.3 Å². The summed E-state index contributed by atoms with van der Waals surface area (Å²) in [5.74, 6) is 1.35. The molecule has 4 aromatic rings. The van der Waals surface area contributed by atoms with Gasteiger partial charge in [-0.25, -0.2) is 4.98 Å². The van der Waals surface area contributed by atoms with Gasteiger partial charge in [0.1, 0.15) is 5.75 Å². The number of nitrogens with zero attached hydrogens (tertiary/aromatic N) is 3. The molecular weight excluding hydrogens is 424 g/mol. The largest absolute Gasteiger partial charge is 0.497 e. The number of benzene rings is 3. The summed E-state index contributed by atoms with van der Waals surface area (Å²) < 4.78 is 5.33. The topological polar surface area (TPSA) is 61.5 Å². The predicted octanol–water partition coefficient (Wildman–Crippen LogP) is 4.36. The van der Waals surface area contributed by atoms with E-state index in [-0.39, 0.29) is 11.6 Å². The van der Waals surface area contributed by atoms with Crippen LogP contribution in [0.15, 0.2) is 95.8 Å². The zero-order valence-electron chi connectivity index (χ0n) is 19.2. The van der Waals surface area contributed by atoms with Gasteiger partial charge in [-0.1, -0.05) is 72.8 Å². The van der Waals surface area contributed by atoms with Crippen LogP contribution in [0.2, 0.25) is 0 Å². The summed E-state index contributed by atoms with van der Waals surface area (Å²) >= 11 is 0. The lowest BCUT2D eigenvalue weighted by molar-refractivity contribution is 0.211. The maximum atomic E-state index is 12.5. The molecule has 0 unspecified atom stereocenters. The van der Waals surface area contributed by atoms with Gasteiger partial charge >= 0.3 is 0 Å². The fourth-order valence-corrected chi connectivity index (χ4v) is 4.60. The van der Waals surface area contributed by atoms with E-state index in [4.69, 9.17) is 9.72 Å². The van der Waals surface area contributed by atoms with Crippen LogP contribution in [-0.4, -0.2) is 48.2 Å². The number of aromatic nitrogens is 2. The van der Waals surface area contributed by atoms with Crippen LogP contribution in [-0.2, 0) is 0 Å². The standard InChI is InChI=1S/C28H28N4O2/c1-34-24-14-8-13-23(19-24)25-20-26(33)30-28(29-25)32-17-15-31(16-18-32)27(21-9-4-2-5-10-21)22-11-6-3-7-12-22/h2-14,19-20,27H,15-18H2,1H3,(H,29,30,33). The van der Waals surface area contributed by atoms with Gasteiger partial charge in [0, 0.05) is 37.8 Å². The third-order valence-corrected chi connectivity index (χ3v) is 6.30. The minimum Gasteiger partial charge on any atom is -0.497 e. The second kappa shape index (κ2) is 9.93. The highest BCUT2D eigenvalue weighted by molar-refractivity contribution is 5.62. The molecule has 1 N–H and O–H groups in total. The van der Waals surface area contributed by atoms with E-state index in [1.165, 1.54) is 17.2 Å². The van der Waals surface area contributed by atoms with Crippen LogP contribution in [0.25, 0.3) is 11.3 Å². The molecule has 2 heterocycles. The summed E-state index contributed by atoms with van der Waals surface area (Å²) in [7, 11) is 1.63. The van der Waals surface area contributed by atoms with E-state index >= 15 is 0 Å². The average Bonchev–Trinajstić information content (AvgIpc) is 2.90. The molecule has 3 aromatic carbocycles. The summed E-state index contributed by atoms with van der Waals surface area (Å²) in [6.45, 7) is 3.28. The summed E-state index contributed by atoms with van der Waals surface area (Å²) in [6, 6.07) is 30.6. The quantitative estimate of drug-likeness (QED) is 0.471. The lowest BCUT2D eigenvalue weighted by atomic mass is 9.96. The number of rotatable bonds is 6. The van der Waals surface area contributed by atoms with Crippen molar-refractivity contribution >= 4 is 5.95 Å². The molecule has 0 spiro atoms. The van der Waals surface area contributed by atoms with Gasteiger partial charge < -0.3 is 9.64 Å². The van der Waals surface area contributed by atoms with Gasteiger partial charge in [-0.05, 0) is 23.3 Å². The second-order valence-electron chi connectivity index (χ2n) is 8.43. The molecule has 0 aliphatic carbocycles. The maximum absolute atomic E-state index is 12.5. The molecule has 172 valence electrons. The second-order valence-corrected chi connectivity index (χ2v) is 8.43. The molecule has 1 aromatic heterocycles. The van der Waals surface area contributed by atoms with E-state index < -0.39 is 0 Å². The molecule has 6 nitrogen and oxygen atoms in total. The van der Waals surface area contributed by atoms with Gasteiger partial charge in [-0.2, -0.15) is 0 Å². The fourth-order valence-electron chi connectivity index (χ4n) is 4.60. The van der Waals surface area contributed by atoms with Gasteiger partial charge in [-0.15, -0.1) is 0 Å². The fraction of sp³-hybridized carbons (Fsp3) is 0.214. The molecule has 1 saturated heterocycles. The highest BCUT2D eigenvalue weighted by Crippen LogP contribution is 2.30. The zero-order valence-corrected chi connectivity index (χ0v) is 19.2. The molecule has 6 heteroatoms. The molecule has 5 rings (SSSR count). The van der Waals surface area contributed by atoms with E-state index in [0.717, 1.165) is 37.5 Å². The lowest BCUT2D eigenvalue weighted by Gasteiger charge is -2.40. The SMILES string of the molecule is COc1cccc(-c2cc(=O)[nH]c(N3CCN(C(c4ccccc4)c4ccccc4)CC3)n2)c1. The van der Waals surface area contributed by atoms with Gasteiger partial charge in [0.25, 0.3) is 5.56 Å². The van der Waals surface area contributed by atoms with Crippen LogP contribution < -0.4 is 15.2 Å². The first-order valence-corrected chi connectivity index (χ1v) is 11.6. The lowest BCUT2D eigenvalue weighted by Crippen LogP contribution is -2.48. The molecule has 0 bridgehead atoms. The Morgan fingerprint density at radius 1 is 0.824 bits per heavy atom. The normalized spacial score (nSPS) is 14.4. The smallest absolute Gasteiger partial charge is 0.252 e. The summed E-state index contributed by atoms with van der Waals surface area (Å²) in [5.41, 5.74) is 3.92. The van der Waals surface area contributed by atoms with Crippen molar-refractivity contribution in [3.8, 4) is 17.0 Å². The third kappa shape index (κ3) is 4.72. The predicted molar refractivity (Wildman–Crippen MR) is 135 cm³/mol. The molecular formula is C28H28N4O2. The molecule has 1 aliphatic heterocycles. The Morgan fingerprint density at radius 2 is 1.47 bits per heavy atom. The number of H-pyrrole nitrogens is 1. The Labute approximate surface area is 199 Å². The summed E-state index contributed by atoms with van der Waals surface area (Å²) in [6.07, 6.45) is 0. The Balaban J connectivity index is 1.37. The number of aromatic amines is 1. The highest BCUT2D eigenvalue weighted by atomic mass is 16.5.